The molecular weight excluding hydrogens is 267 g/mol. The van der Waals surface area contributed by atoms with E-state index in [2.05, 4.69) is 5.32 Å². The second kappa shape index (κ2) is 6.98. The molecule has 4 nitrogen and oxygen atoms in total. The Balaban J connectivity index is 2.76. The molecule has 6 heteroatoms. The molecule has 0 fully saturated rings. The number of rotatable bonds is 7. The lowest BCUT2D eigenvalue weighted by Gasteiger charge is -2.22. The van der Waals surface area contributed by atoms with Gasteiger partial charge in [-0.1, -0.05) is 25.1 Å². The number of nitrogens with zero attached hydrogens (tertiary/aromatic N) is 1. The zero-order valence-electron chi connectivity index (χ0n) is 11.6. The standard InChI is InChI=1S/C13H21FN2O2S/c1-4-15-9-11(2)19(17,18)16(3)10-12-7-5-6-8-13(12)14/h5-8,11,15H,4,9-10H2,1-3H3. The highest BCUT2D eigenvalue weighted by atomic mass is 32.2. The van der Waals surface area contributed by atoms with Gasteiger partial charge >= 0.3 is 0 Å². The first kappa shape index (κ1) is 16.1. The molecule has 0 aromatic heterocycles. The van der Waals surface area contributed by atoms with E-state index in [1.807, 2.05) is 6.92 Å². The number of hydrogen-bond donors (Lipinski definition) is 1. The van der Waals surface area contributed by atoms with Gasteiger partial charge in [-0.05, 0) is 19.5 Å². The third-order valence-corrected chi connectivity index (χ3v) is 5.16. The van der Waals surface area contributed by atoms with Crippen molar-refractivity contribution in [2.24, 2.45) is 0 Å². The summed E-state index contributed by atoms with van der Waals surface area (Å²) in [5, 5.41) is 2.47. The fraction of sp³-hybridized carbons (Fsp3) is 0.538. The fourth-order valence-corrected chi connectivity index (χ4v) is 2.98. The van der Waals surface area contributed by atoms with Gasteiger partial charge in [0.05, 0.1) is 5.25 Å². The minimum Gasteiger partial charge on any atom is -0.316 e. The Morgan fingerprint density at radius 1 is 1.37 bits per heavy atom. The molecule has 1 atom stereocenters. The molecule has 108 valence electrons. The molecular formula is C13H21FN2O2S. The monoisotopic (exact) mass is 288 g/mol. The third kappa shape index (κ3) is 4.26. The lowest BCUT2D eigenvalue weighted by atomic mass is 10.2. The summed E-state index contributed by atoms with van der Waals surface area (Å²) in [7, 11) is -1.95. The summed E-state index contributed by atoms with van der Waals surface area (Å²) in [5.74, 6) is -0.385. The number of benzene rings is 1. The van der Waals surface area contributed by atoms with E-state index in [-0.39, 0.29) is 12.4 Å². The summed E-state index contributed by atoms with van der Waals surface area (Å²) in [6, 6.07) is 6.20. The fourth-order valence-electron chi connectivity index (χ4n) is 1.72. The lowest BCUT2D eigenvalue weighted by molar-refractivity contribution is 0.445. The minimum absolute atomic E-state index is 0.0471. The van der Waals surface area contributed by atoms with Crippen LogP contribution in [0.2, 0.25) is 0 Å². The molecule has 0 aliphatic rings. The van der Waals surface area contributed by atoms with E-state index in [9.17, 15) is 12.8 Å². The van der Waals surface area contributed by atoms with Crippen molar-refractivity contribution in [3.05, 3.63) is 35.6 Å². The average Bonchev–Trinajstić information content (AvgIpc) is 2.38. The van der Waals surface area contributed by atoms with Gasteiger partial charge in [-0.25, -0.2) is 17.1 Å². The van der Waals surface area contributed by atoms with Gasteiger partial charge in [-0.15, -0.1) is 0 Å². The zero-order chi connectivity index (χ0) is 14.5. The predicted molar refractivity (Wildman–Crippen MR) is 74.8 cm³/mol. The Kier molecular flexibility index (Phi) is 5.90. The van der Waals surface area contributed by atoms with E-state index in [4.69, 9.17) is 0 Å². The molecule has 1 N–H and O–H groups in total. The van der Waals surface area contributed by atoms with Crippen LogP contribution in [0.15, 0.2) is 24.3 Å². The summed E-state index contributed by atoms with van der Waals surface area (Å²) in [6.45, 7) is 4.72. The van der Waals surface area contributed by atoms with Gasteiger partial charge in [0.25, 0.3) is 0 Å². The summed E-state index contributed by atoms with van der Waals surface area (Å²) >= 11 is 0. The number of hydrogen-bond acceptors (Lipinski definition) is 3. The number of sulfonamides is 1. The summed E-state index contributed by atoms with van der Waals surface area (Å²) in [4.78, 5) is 0. The van der Waals surface area contributed by atoms with Crippen LogP contribution in [0.4, 0.5) is 4.39 Å². The highest BCUT2D eigenvalue weighted by Crippen LogP contribution is 2.14. The Labute approximate surface area is 114 Å². The van der Waals surface area contributed by atoms with Gasteiger partial charge in [0.15, 0.2) is 0 Å². The smallest absolute Gasteiger partial charge is 0.218 e. The summed E-state index contributed by atoms with van der Waals surface area (Å²) in [5.41, 5.74) is 0.379. The minimum atomic E-state index is -3.42. The third-order valence-electron chi connectivity index (χ3n) is 2.98. The number of nitrogens with one attached hydrogen (secondary N) is 1. The first-order chi connectivity index (χ1) is 8.89. The van der Waals surface area contributed by atoms with E-state index < -0.39 is 15.3 Å². The molecule has 1 aromatic carbocycles. The van der Waals surface area contributed by atoms with Crippen LogP contribution in [0, 0.1) is 5.82 Å². The SMILES string of the molecule is CCNCC(C)S(=O)(=O)N(C)Cc1ccccc1F. The molecule has 19 heavy (non-hydrogen) atoms. The van der Waals surface area contributed by atoms with Crippen molar-refractivity contribution in [1.82, 2.24) is 9.62 Å². The Morgan fingerprint density at radius 3 is 2.58 bits per heavy atom. The molecule has 0 radical (unpaired) electrons. The highest BCUT2D eigenvalue weighted by molar-refractivity contribution is 7.89. The highest BCUT2D eigenvalue weighted by Gasteiger charge is 2.26. The van der Waals surface area contributed by atoms with Gasteiger partial charge in [0.1, 0.15) is 5.82 Å². The second-order valence-electron chi connectivity index (χ2n) is 4.51. The molecule has 0 saturated heterocycles. The molecule has 0 aliphatic heterocycles. The van der Waals surface area contributed by atoms with Crippen molar-refractivity contribution in [3.8, 4) is 0 Å². The van der Waals surface area contributed by atoms with E-state index >= 15 is 0 Å². The van der Waals surface area contributed by atoms with E-state index in [1.54, 1.807) is 25.1 Å². The molecule has 0 spiro atoms. The lowest BCUT2D eigenvalue weighted by Crippen LogP contribution is -2.39. The van der Waals surface area contributed by atoms with Crippen molar-refractivity contribution in [2.45, 2.75) is 25.6 Å². The molecule has 1 rings (SSSR count). The van der Waals surface area contributed by atoms with E-state index in [1.165, 1.54) is 17.4 Å². The second-order valence-corrected chi connectivity index (χ2v) is 6.97. The van der Waals surface area contributed by atoms with Gasteiger partial charge in [0, 0.05) is 25.7 Å². The largest absolute Gasteiger partial charge is 0.316 e. The van der Waals surface area contributed by atoms with E-state index in [0.29, 0.717) is 12.1 Å². The molecule has 0 bridgehead atoms. The Morgan fingerprint density at radius 2 is 2.00 bits per heavy atom. The van der Waals surface area contributed by atoms with Crippen LogP contribution in [-0.2, 0) is 16.6 Å². The van der Waals surface area contributed by atoms with Gasteiger partial charge < -0.3 is 5.32 Å². The van der Waals surface area contributed by atoms with Gasteiger partial charge in [0.2, 0.25) is 10.0 Å². The summed E-state index contributed by atoms with van der Waals surface area (Å²) in [6.07, 6.45) is 0. The maximum Gasteiger partial charge on any atom is 0.218 e. The van der Waals surface area contributed by atoms with Crippen molar-refractivity contribution in [1.29, 1.82) is 0 Å². The Hall–Kier alpha value is -0.980. The van der Waals surface area contributed by atoms with Crippen LogP contribution in [0.1, 0.15) is 19.4 Å². The van der Waals surface area contributed by atoms with Crippen molar-refractivity contribution in [3.63, 3.8) is 0 Å². The normalized spacial score (nSPS) is 13.7. The van der Waals surface area contributed by atoms with Crippen LogP contribution >= 0.6 is 0 Å². The summed E-state index contributed by atoms with van der Waals surface area (Å²) < 4.78 is 39.1. The average molecular weight is 288 g/mol. The zero-order valence-corrected chi connectivity index (χ0v) is 12.4. The van der Waals surface area contributed by atoms with Crippen LogP contribution in [0.3, 0.4) is 0 Å². The molecule has 0 heterocycles. The molecule has 0 saturated carbocycles. The predicted octanol–water partition coefficient (Wildman–Crippen LogP) is 1.59. The number of halogens is 1. The molecule has 1 unspecified atom stereocenters. The van der Waals surface area contributed by atoms with Gasteiger partial charge in [-0.2, -0.15) is 0 Å². The molecule has 0 aliphatic carbocycles. The maximum atomic E-state index is 13.5. The molecule has 1 aromatic rings. The molecule has 0 amide bonds. The van der Waals surface area contributed by atoms with Gasteiger partial charge in [-0.3, -0.25) is 0 Å². The van der Waals surface area contributed by atoms with E-state index in [0.717, 1.165) is 6.54 Å². The van der Waals surface area contributed by atoms with Crippen LogP contribution in [-0.4, -0.2) is 38.1 Å². The van der Waals surface area contributed by atoms with Crippen molar-refractivity contribution >= 4 is 10.0 Å². The van der Waals surface area contributed by atoms with Crippen molar-refractivity contribution < 1.29 is 12.8 Å². The van der Waals surface area contributed by atoms with Crippen LogP contribution in [0.5, 0.6) is 0 Å². The van der Waals surface area contributed by atoms with Crippen molar-refractivity contribution in [2.75, 3.05) is 20.1 Å². The van der Waals surface area contributed by atoms with Crippen LogP contribution in [0.25, 0.3) is 0 Å². The Bertz CT molecular complexity index is 505. The first-order valence-electron chi connectivity index (χ1n) is 6.28. The topological polar surface area (TPSA) is 49.4 Å². The maximum absolute atomic E-state index is 13.5. The van der Waals surface area contributed by atoms with Crippen LogP contribution < -0.4 is 5.32 Å². The quantitative estimate of drug-likeness (QED) is 0.829. The first-order valence-corrected chi connectivity index (χ1v) is 7.79.